The van der Waals surface area contributed by atoms with Gasteiger partial charge in [-0.1, -0.05) is 12.5 Å². The molecule has 7 heteroatoms. The fraction of sp³-hybridized carbons (Fsp3) is 0.611. The summed E-state index contributed by atoms with van der Waals surface area (Å²) in [4.78, 5) is 12.5. The van der Waals surface area contributed by atoms with Gasteiger partial charge in [0, 0.05) is 12.5 Å². The lowest BCUT2D eigenvalue weighted by molar-refractivity contribution is -0.121. The summed E-state index contributed by atoms with van der Waals surface area (Å²) in [7, 11) is -3.42. The van der Waals surface area contributed by atoms with Crippen LogP contribution in [0.4, 0.5) is 0 Å². The van der Waals surface area contributed by atoms with Crippen LogP contribution in [0.25, 0.3) is 0 Å². The lowest BCUT2D eigenvalue weighted by Crippen LogP contribution is -2.40. The van der Waals surface area contributed by atoms with E-state index in [1.54, 1.807) is 12.1 Å². The number of amides is 1. The van der Waals surface area contributed by atoms with Gasteiger partial charge in [0.05, 0.1) is 10.6 Å². The second-order valence-electron chi connectivity index (χ2n) is 6.95. The molecule has 25 heavy (non-hydrogen) atoms. The Morgan fingerprint density at radius 2 is 1.92 bits per heavy atom. The highest BCUT2D eigenvalue weighted by Gasteiger charge is 2.28. The molecule has 0 spiro atoms. The van der Waals surface area contributed by atoms with Crippen molar-refractivity contribution in [2.75, 3.05) is 12.3 Å². The Kier molecular flexibility index (Phi) is 6.88. The first-order valence-corrected chi connectivity index (χ1v) is 10.5. The van der Waals surface area contributed by atoms with Crippen molar-refractivity contribution < 1.29 is 13.2 Å². The Morgan fingerprint density at radius 1 is 1.16 bits per heavy atom. The monoisotopic (exact) mass is 386 g/mol. The standard InChI is InChI=1S/C18H26N2O3S.ClH/c19-12-15-5-2-6-17(15)20-18(21)9-10-24(22,23)16-8-7-13-3-1-4-14(13)11-16;/h7-8,11,15,17H,1-6,9-10,12,19H2,(H,20,21);1H. The van der Waals surface area contributed by atoms with Crippen molar-refractivity contribution in [2.45, 2.75) is 55.9 Å². The van der Waals surface area contributed by atoms with Crippen molar-refractivity contribution in [1.82, 2.24) is 5.32 Å². The number of nitrogens with two attached hydrogens (primary N) is 1. The predicted octanol–water partition coefficient (Wildman–Crippen LogP) is 2.00. The smallest absolute Gasteiger partial charge is 0.221 e. The van der Waals surface area contributed by atoms with Crippen molar-refractivity contribution in [2.24, 2.45) is 11.7 Å². The zero-order valence-corrected chi connectivity index (χ0v) is 16.0. The molecule has 0 heterocycles. The van der Waals surface area contributed by atoms with Crippen LogP contribution in [0.3, 0.4) is 0 Å². The van der Waals surface area contributed by atoms with Gasteiger partial charge in [-0.15, -0.1) is 12.4 Å². The summed E-state index contributed by atoms with van der Waals surface area (Å²) >= 11 is 0. The number of hydrogen-bond acceptors (Lipinski definition) is 4. The Labute approximate surface area is 156 Å². The van der Waals surface area contributed by atoms with Gasteiger partial charge in [0.25, 0.3) is 0 Å². The average molecular weight is 387 g/mol. The number of rotatable bonds is 6. The predicted molar refractivity (Wildman–Crippen MR) is 101 cm³/mol. The minimum atomic E-state index is -3.42. The van der Waals surface area contributed by atoms with Crippen LogP contribution < -0.4 is 11.1 Å². The van der Waals surface area contributed by atoms with Gasteiger partial charge in [0.1, 0.15) is 0 Å². The third-order valence-electron chi connectivity index (χ3n) is 5.34. The van der Waals surface area contributed by atoms with Crippen LogP contribution in [-0.4, -0.2) is 32.7 Å². The number of halogens is 1. The van der Waals surface area contributed by atoms with Crippen LogP contribution in [0.1, 0.15) is 43.2 Å². The van der Waals surface area contributed by atoms with Gasteiger partial charge in [-0.3, -0.25) is 4.79 Å². The van der Waals surface area contributed by atoms with Crippen molar-refractivity contribution >= 4 is 28.2 Å². The summed E-state index contributed by atoms with van der Waals surface area (Å²) in [6, 6.07) is 5.49. The highest BCUT2D eigenvalue weighted by Crippen LogP contribution is 2.26. The van der Waals surface area contributed by atoms with Crippen molar-refractivity contribution in [1.29, 1.82) is 0 Å². The molecule has 2 aliphatic rings. The molecule has 0 radical (unpaired) electrons. The normalized spacial score (nSPS) is 22.3. The maximum atomic E-state index is 12.5. The van der Waals surface area contributed by atoms with Crippen molar-refractivity contribution in [3.63, 3.8) is 0 Å². The van der Waals surface area contributed by atoms with E-state index < -0.39 is 9.84 Å². The number of sulfone groups is 1. The summed E-state index contributed by atoms with van der Waals surface area (Å²) < 4.78 is 25.0. The van der Waals surface area contributed by atoms with E-state index in [9.17, 15) is 13.2 Å². The Balaban J connectivity index is 0.00000225. The molecule has 0 aliphatic heterocycles. The molecule has 140 valence electrons. The van der Waals surface area contributed by atoms with Gasteiger partial charge in [-0.05, 0) is 67.8 Å². The molecule has 0 aromatic heterocycles. The molecule has 2 atom stereocenters. The molecule has 2 unspecified atom stereocenters. The molecule has 1 amide bonds. The fourth-order valence-electron chi connectivity index (χ4n) is 3.87. The molecular weight excluding hydrogens is 360 g/mol. The zero-order valence-electron chi connectivity index (χ0n) is 14.4. The molecule has 3 rings (SSSR count). The molecular formula is C18H27ClN2O3S. The van der Waals surface area contributed by atoms with E-state index >= 15 is 0 Å². The summed E-state index contributed by atoms with van der Waals surface area (Å²) in [6.07, 6.45) is 6.11. The van der Waals surface area contributed by atoms with Crippen LogP contribution in [0.5, 0.6) is 0 Å². The van der Waals surface area contributed by atoms with E-state index in [4.69, 9.17) is 5.73 Å². The molecule has 1 aromatic carbocycles. The highest BCUT2D eigenvalue weighted by molar-refractivity contribution is 7.91. The Hall–Kier alpha value is -1.11. The van der Waals surface area contributed by atoms with Crippen LogP contribution in [-0.2, 0) is 27.5 Å². The molecule has 0 bridgehead atoms. The molecule has 5 nitrogen and oxygen atoms in total. The van der Waals surface area contributed by atoms with Crippen LogP contribution in [0, 0.1) is 5.92 Å². The maximum Gasteiger partial charge on any atom is 0.221 e. The molecule has 0 saturated heterocycles. The minimum Gasteiger partial charge on any atom is -0.353 e. The van der Waals surface area contributed by atoms with Crippen molar-refractivity contribution in [3.8, 4) is 0 Å². The average Bonchev–Trinajstić information content (AvgIpc) is 3.20. The number of carbonyl (C=O) groups is 1. The minimum absolute atomic E-state index is 0. The van der Waals surface area contributed by atoms with E-state index in [0.29, 0.717) is 17.4 Å². The van der Waals surface area contributed by atoms with E-state index in [1.807, 2.05) is 6.07 Å². The lowest BCUT2D eigenvalue weighted by Gasteiger charge is -2.19. The SMILES string of the molecule is Cl.NCC1CCCC1NC(=O)CCS(=O)(=O)c1ccc2c(c1)CCC2. The molecule has 1 aromatic rings. The third-order valence-corrected chi connectivity index (χ3v) is 7.05. The topological polar surface area (TPSA) is 89.3 Å². The van der Waals surface area contributed by atoms with Gasteiger partial charge in [-0.25, -0.2) is 8.42 Å². The molecule has 2 aliphatic carbocycles. The Bertz CT molecular complexity index is 721. The summed E-state index contributed by atoms with van der Waals surface area (Å²) in [5.74, 6) is -0.00943. The molecule has 1 fully saturated rings. The van der Waals surface area contributed by atoms with Crippen LogP contribution in [0.2, 0.25) is 0 Å². The second-order valence-corrected chi connectivity index (χ2v) is 9.06. The number of benzene rings is 1. The summed E-state index contributed by atoms with van der Waals surface area (Å²) in [5, 5.41) is 2.96. The van der Waals surface area contributed by atoms with Crippen LogP contribution >= 0.6 is 12.4 Å². The number of fused-ring (bicyclic) bond motifs is 1. The van der Waals surface area contributed by atoms with Gasteiger partial charge in [-0.2, -0.15) is 0 Å². The summed E-state index contributed by atoms with van der Waals surface area (Å²) in [5.41, 5.74) is 8.10. The van der Waals surface area contributed by atoms with Crippen LogP contribution in [0.15, 0.2) is 23.1 Å². The first-order chi connectivity index (χ1) is 11.5. The first-order valence-electron chi connectivity index (χ1n) is 8.83. The van der Waals surface area contributed by atoms with Gasteiger partial charge in [0.2, 0.25) is 5.91 Å². The van der Waals surface area contributed by atoms with Crippen molar-refractivity contribution in [3.05, 3.63) is 29.3 Å². The van der Waals surface area contributed by atoms with Gasteiger partial charge < -0.3 is 11.1 Å². The number of carbonyl (C=O) groups excluding carboxylic acids is 1. The maximum absolute atomic E-state index is 12.5. The quantitative estimate of drug-likeness (QED) is 0.782. The van der Waals surface area contributed by atoms with E-state index in [-0.39, 0.29) is 36.5 Å². The zero-order chi connectivity index (χ0) is 17.2. The van der Waals surface area contributed by atoms with E-state index in [0.717, 1.165) is 44.1 Å². The van der Waals surface area contributed by atoms with Gasteiger partial charge >= 0.3 is 0 Å². The molecule has 1 saturated carbocycles. The number of hydrogen-bond donors (Lipinski definition) is 2. The van der Waals surface area contributed by atoms with Gasteiger partial charge in [0.15, 0.2) is 9.84 Å². The number of nitrogens with one attached hydrogen (secondary N) is 1. The lowest BCUT2D eigenvalue weighted by atomic mass is 10.0. The highest BCUT2D eigenvalue weighted by atomic mass is 35.5. The number of aryl methyl sites for hydroxylation is 2. The summed E-state index contributed by atoms with van der Waals surface area (Å²) in [6.45, 7) is 0.568. The largest absolute Gasteiger partial charge is 0.353 e. The molecule has 3 N–H and O–H groups in total. The third kappa shape index (κ3) is 4.74. The van der Waals surface area contributed by atoms with E-state index in [2.05, 4.69) is 5.32 Å². The van der Waals surface area contributed by atoms with E-state index in [1.165, 1.54) is 5.56 Å². The Morgan fingerprint density at radius 3 is 2.68 bits per heavy atom. The first kappa shape index (κ1) is 20.2. The second kappa shape index (κ2) is 8.52. The fourth-order valence-corrected chi connectivity index (χ4v) is 5.16.